The lowest BCUT2D eigenvalue weighted by atomic mass is 9.93. The van der Waals surface area contributed by atoms with E-state index in [1.807, 2.05) is 6.07 Å². The summed E-state index contributed by atoms with van der Waals surface area (Å²) < 4.78 is 5.12. The third kappa shape index (κ3) is 4.68. The van der Waals surface area contributed by atoms with Gasteiger partial charge in [0.25, 0.3) is 11.8 Å². The molecule has 0 spiro atoms. The van der Waals surface area contributed by atoms with Crippen molar-refractivity contribution in [2.45, 2.75) is 19.1 Å². The third-order valence-corrected chi connectivity index (χ3v) is 5.14. The van der Waals surface area contributed by atoms with Gasteiger partial charge < -0.3 is 15.2 Å². The number of benzene rings is 2. The normalized spacial score (nSPS) is 15.2. The molecular formula is C24H21N3O6. The smallest absolute Gasteiger partial charge is 0.286 e. The van der Waals surface area contributed by atoms with E-state index in [2.05, 4.69) is 10.3 Å². The van der Waals surface area contributed by atoms with Crippen molar-refractivity contribution in [3.05, 3.63) is 89.1 Å². The van der Waals surface area contributed by atoms with Crippen LogP contribution in [0.5, 0.6) is 11.6 Å². The first-order valence-electron chi connectivity index (χ1n) is 10.1. The number of methoxy groups -OCH3 is 1. The Kier molecular flexibility index (Phi) is 6.32. The Morgan fingerprint density at radius 3 is 2.45 bits per heavy atom. The van der Waals surface area contributed by atoms with Gasteiger partial charge in [0.15, 0.2) is 5.92 Å². The summed E-state index contributed by atoms with van der Waals surface area (Å²) in [5, 5.41) is 13.1. The summed E-state index contributed by atoms with van der Waals surface area (Å²) in [6.07, 6.45) is 0. The van der Waals surface area contributed by atoms with Crippen molar-refractivity contribution in [1.29, 1.82) is 0 Å². The molecule has 1 aromatic heterocycles. The van der Waals surface area contributed by atoms with Gasteiger partial charge in [0.2, 0.25) is 11.8 Å². The molecular weight excluding hydrogens is 426 g/mol. The molecule has 2 heterocycles. The Hall–Kier alpha value is -4.24. The number of carbonyl (C=O) groups excluding carboxylic acids is 3. The van der Waals surface area contributed by atoms with Crippen LogP contribution < -0.4 is 10.1 Å². The maximum Gasteiger partial charge on any atom is 0.286 e. The highest BCUT2D eigenvalue weighted by Crippen LogP contribution is 2.30. The maximum absolute atomic E-state index is 13.1. The highest BCUT2D eigenvalue weighted by molar-refractivity contribution is 6.17. The summed E-state index contributed by atoms with van der Waals surface area (Å²) in [7, 11) is 1.55. The molecule has 2 N–H and O–H groups in total. The minimum Gasteiger partial charge on any atom is -0.497 e. The molecule has 3 aromatic rings. The quantitative estimate of drug-likeness (QED) is 0.421. The Labute approximate surface area is 189 Å². The highest BCUT2D eigenvalue weighted by atomic mass is 16.7. The predicted octanol–water partition coefficient (Wildman–Crippen LogP) is 2.31. The summed E-state index contributed by atoms with van der Waals surface area (Å²) in [6, 6.07) is 18.6. The largest absolute Gasteiger partial charge is 0.497 e. The summed E-state index contributed by atoms with van der Waals surface area (Å²) in [6.45, 7) is 0.0962. The second-order valence-electron chi connectivity index (χ2n) is 7.30. The fourth-order valence-electron chi connectivity index (χ4n) is 3.42. The summed E-state index contributed by atoms with van der Waals surface area (Å²) in [4.78, 5) is 48.5. The van der Waals surface area contributed by atoms with E-state index in [0.29, 0.717) is 10.8 Å². The van der Waals surface area contributed by atoms with E-state index in [4.69, 9.17) is 9.57 Å². The van der Waals surface area contributed by atoms with Gasteiger partial charge in [-0.2, -0.15) is 0 Å². The van der Waals surface area contributed by atoms with Crippen molar-refractivity contribution >= 4 is 17.7 Å². The van der Waals surface area contributed by atoms with E-state index in [9.17, 15) is 19.5 Å². The Balaban J connectivity index is 1.57. The van der Waals surface area contributed by atoms with Crippen LogP contribution in [0.1, 0.15) is 33.1 Å². The summed E-state index contributed by atoms with van der Waals surface area (Å²) in [5.41, 5.74) is 1.42. The molecule has 0 saturated heterocycles. The number of fused-ring (bicyclic) bond motifs is 1. The Morgan fingerprint density at radius 1 is 1.03 bits per heavy atom. The van der Waals surface area contributed by atoms with Crippen LogP contribution in [0, 0.1) is 0 Å². The predicted molar refractivity (Wildman–Crippen MR) is 116 cm³/mol. The number of aromatic hydroxyl groups is 1. The standard InChI is InChI=1S/C24H21N3O6/c1-32-17-9-7-15(8-10-17)13-25-22(29)20-21-18(11-12-19(28)26-21)23(30)27(24(20)31)33-14-16-5-3-2-4-6-16/h2-12,20H,13-14H2,1H3,(H,25,29)(H,26,28). The van der Waals surface area contributed by atoms with Crippen molar-refractivity contribution in [2.75, 3.05) is 7.11 Å². The first-order chi connectivity index (χ1) is 16.0. The molecule has 0 radical (unpaired) electrons. The number of aromatic nitrogens is 1. The molecule has 0 fully saturated rings. The van der Waals surface area contributed by atoms with Crippen molar-refractivity contribution in [1.82, 2.24) is 15.4 Å². The minimum atomic E-state index is -1.46. The molecule has 9 nitrogen and oxygen atoms in total. The third-order valence-electron chi connectivity index (χ3n) is 5.14. The van der Waals surface area contributed by atoms with Crippen molar-refractivity contribution in [2.24, 2.45) is 0 Å². The van der Waals surface area contributed by atoms with Gasteiger partial charge in [-0.25, -0.2) is 4.98 Å². The molecule has 168 valence electrons. The van der Waals surface area contributed by atoms with Crippen LogP contribution in [-0.4, -0.2) is 40.0 Å². The molecule has 33 heavy (non-hydrogen) atoms. The second-order valence-corrected chi connectivity index (χ2v) is 7.30. The fourth-order valence-corrected chi connectivity index (χ4v) is 3.42. The van der Waals surface area contributed by atoms with Gasteiger partial charge in [0.05, 0.1) is 18.4 Å². The molecule has 1 unspecified atom stereocenters. The molecule has 1 aliphatic rings. The lowest BCUT2D eigenvalue weighted by Gasteiger charge is -2.30. The topological polar surface area (TPSA) is 118 Å². The van der Waals surface area contributed by atoms with E-state index < -0.39 is 29.5 Å². The zero-order valence-electron chi connectivity index (χ0n) is 17.7. The van der Waals surface area contributed by atoms with Crippen molar-refractivity contribution in [3.63, 3.8) is 0 Å². The van der Waals surface area contributed by atoms with Crippen LogP contribution in [0.2, 0.25) is 0 Å². The van der Waals surface area contributed by atoms with Crippen LogP contribution in [0.3, 0.4) is 0 Å². The van der Waals surface area contributed by atoms with E-state index in [0.717, 1.165) is 11.1 Å². The van der Waals surface area contributed by atoms with E-state index in [-0.39, 0.29) is 24.4 Å². The molecule has 0 saturated carbocycles. The number of carbonyl (C=O) groups is 3. The summed E-state index contributed by atoms with van der Waals surface area (Å²) in [5.74, 6) is -3.49. The summed E-state index contributed by atoms with van der Waals surface area (Å²) >= 11 is 0. The number of rotatable bonds is 7. The average molecular weight is 447 g/mol. The molecule has 0 aliphatic carbocycles. The number of hydrogen-bond donors (Lipinski definition) is 2. The van der Waals surface area contributed by atoms with Crippen LogP contribution in [0.15, 0.2) is 66.7 Å². The number of imide groups is 1. The molecule has 2 aromatic carbocycles. The lowest BCUT2D eigenvalue weighted by Crippen LogP contribution is -2.49. The Morgan fingerprint density at radius 2 is 1.76 bits per heavy atom. The van der Waals surface area contributed by atoms with Gasteiger partial charge in [-0.3, -0.25) is 19.2 Å². The van der Waals surface area contributed by atoms with Crippen molar-refractivity contribution < 1.29 is 29.1 Å². The first kappa shape index (κ1) is 22.0. The van der Waals surface area contributed by atoms with Crippen LogP contribution in [-0.2, 0) is 27.6 Å². The zero-order valence-corrected chi connectivity index (χ0v) is 17.7. The molecule has 4 rings (SSSR count). The number of hydroxylamine groups is 2. The van der Waals surface area contributed by atoms with Gasteiger partial charge in [-0.15, -0.1) is 5.06 Å². The molecule has 3 amide bonds. The molecule has 1 aliphatic heterocycles. The van der Waals surface area contributed by atoms with Crippen LogP contribution in [0.4, 0.5) is 0 Å². The van der Waals surface area contributed by atoms with E-state index >= 15 is 0 Å². The van der Waals surface area contributed by atoms with Gasteiger partial charge in [0.1, 0.15) is 12.4 Å². The monoisotopic (exact) mass is 447 g/mol. The molecule has 1 atom stereocenters. The average Bonchev–Trinajstić information content (AvgIpc) is 2.83. The van der Waals surface area contributed by atoms with Gasteiger partial charge in [-0.05, 0) is 29.3 Å². The van der Waals surface area contributed by atoms with Crippen LogP contribution >= 0.6 is 0 Å². The maximum atomic E-state index is 13.1. The SMILES string of the molecule is COc1ccc(CNC(=O)C2C(=O)N(OCc3ccccc3)C(=O)c3ccc(O)nc32)cc1. The molecule has 0 bridgehead atoms. The Bertz CT molecular complexity index is 1180. The van der Waals surface area contributed by atoms with Gasteiger partial charge in [-0.1, -0.05) is 42.5 Å². The van der Waals surface area contributed by atoms with E-state index in [1.54, 1.807) is 55.6 Å². The second kappa shape index (κ2) is 9.49. The number of ether oxygens (including phenoxy) is 1. The van der Waals surface area contributed by atoms with Gasteiger partial charge in [0, 0.05) is 12.6 Å². The zero-order chi connectivity index (χ0) is 23.4. The van der Waals surface area contributed by atoms with Crippen LogP contribution in [0.25, 0.3) is 0 Å². The minimum absolute atomic E-state index is 0.00468. The number of hydrogen-bond acceptors (Lipinski definition) is 7. The first-order valence-corrected chi connectivity index (χ1v) is 10.1. The number of nitrogens with zero attached hydrogens (tertiary/aromatic N) is 2. The highest BCUT2D eigenvalue weighted by Gasteiger charge is 2.45. The number of amides is 3. The number of pyridine rings is 1. The van der Waals surface area contributed by atoms with Gasteiger partial charge >= 0.3 is 0 Å². The number of nitrogens with one attached hydrogen (secondary N) is 1. The lowest BCUT2D eigenvalue weighted by molar-refractivity contribution is -0.177. The van der Waals surface area contributed by atoms with Crippen molar-refractivity contribution in [3.8, 4) is 11.6 Å². The van der Waals surface area contributed by atoms with E-state index in [1.165, 1.54) is 12.1 Å². The molecule has 9 heteroatoms. The fraction of sp³-hybridized carbons (Fsp3) is 0.167.